The Labute approximate surface area is 175 Å². The van der Waals surface area contributed by atoms with Crippen molar-refractivity contribution in [2.75, 3.05) is 27.4 Å². The fourth-order valence-electron chi connectivity index (χ4n) is 4.06. The first kappa shape index (κ1) is 23.5. The van der Waals surface area contributed by atoms with E-state index < -0.39 is 35.3 Å². The molecule has 1 aliphatic carbocycles. The molecule has 9 heteroatoms. The maximum atomic E-state index is 12.9. The van der Waals surface area contributed by atoms with Crippen LogP contribution in [0.2, 0.25) is 0 Å². The topological polar surface area (TPSA) is 124 Å². The van der Waals surface area contributed by atoms with E-state index in [1.54, 1.807) is 32.0 Å². The lowest BCUT2D eigenvalue weighted by Crippen LogP contribution is -2.55. The maximum absolute atomic E-state index is 12.9. The van der Waals surface area contributed by atoms with Gasteiger partial charge < -0.3 is 29.3 Å². The van der Waals surface area contributed by atoms with Crippen molar-refractivity contribution in [3.05, 3.63) is 23.8 Å². The Morgan fingerprint density at radius 2 is 1.70 bits per heavy atom. The van der Waals surface area contributed by atoms with Crippen molar-refractivity contribution in [2.24, 2.45) is 17.0 Å². The van der Waals surface area contributed by atoms with Crippen LogP contribution in [0, 0.1) is 11.8 Å². The molecule has 2 rings (SSSR count). The van der Waals surface area contributed by atoms with Crippen molar-refractivity contribution < 1.29 is 38.9 Å². The summed E-state index contributed by atoms with van der Waals surface area (Å²) in [6.45, 7) is 4.97. The smallest absolute Gasteiger partial charge is 0.315 e. The normalized spacial score (nSPS) is 27.4. The highest BCUT2D eigenvalue weighted by Gasteiger charge is 2.56. The zero-order valence-electron chi connectivity index (χ0n) is 17.9. The van der Waals surface area contributed by atoms with E-state index >= 15 is 0 Å². The summed E-state index contributed by atoms with van der Waals surface area (Å²) in [6, 6.07) is 4.93. The summed E-state index contributed by atoms with van der Waals surface area (Å²) in [7, 11) is 2.95. The fraction of sp³-hybridized carbons (Fsp3) is 0.571. The first-order valence-corrected chi connectivity index (χ1v) is 9.74. The van der Waals surface area contributed by atoms with Gasteiger partial charge in [0.15, 0.2) is 11.5 Å². The van der Waals surface area contributed by atoms with Gasteiger partial charge >= 0.3 is 11.9 Å². The van der Waals surface area contributed by atoms with E-state index in [0.29, 0.717) is 17.1 Å². The van der Waals surface area contributed by atoms with Crippen LogP contribution in [0.3, 0.4) is 0 Å². The van der Waals surface area contributed by atoms with Crippen LogP contribution in [-0.2, 0) is 19.1 Å². The van der Waals surface area contributed by atoms with Gasteiger partial charge in [0.05, 0.1) is 44.7 Å². The predicted octanol–water partition coefficient (Wildman–Crippen LogP) is 2.13. The first-order valence-electron chi connectivity index (χ1n) is 9.74. The van der Waals surface area contributed by atoms with Gasteiger partial charge in [-0.2, -0.15) is 0 Å². The molecule has 0 bridgehead atoms. The summed E-state index contributed by atoms with van der Waals surface area (Å²) in [4.78, 5) is 25.8. The molecule has 2 N–H and O–H groups in total. The Bertz CT molecular complexity index is 804. The number of esters is 2. The van der Waals surface area contributed by atoms with Gasteiger partial charge in [-0.05, 0) is 38.5 Å². The first-order chi connectivity index (χ1) is 14.2. The summed E-state index contributed by atoms with van der Waals surface area (Å²) < 4.78 is 21.0. The lowest BCUT2D eigenvalue weighted by atomic mass is 9.61. The molecule has 0 aromatic heterocycles. The molecule has 1 aromatic rings. The molecule has 1 aromatic carbocycles. The molecule has 0 aliphatic heterocycles. The van der Waals surface area contributed by atoms with E-state index in [0.717, 1.165) is 0 Å². The van der Waals surface area contributed by atoms with E-state index in [1.807, 2.05) is 0 Å². The molecule has 0 unspecified atom stereocenters. The van der Waals surface area contributed by atoms with Crippen LogP contribution in [0.25, 0.3) is 0 Å². The zero-order chi connectivity index (χ0) is 22.5. The number of carbonyl (C=O) groups excluding carboxylic acids is 2. The molecular formula is C21H29NO8. The lowest BCUT2D eigenvalue weighted by molar-refractivity contribution is -0.163. The fourth-order valence-corrected chi connectivity index (χ4v) is 4.06. The Hall–Kier alpha value is -2.81. The molecule has 0 saturated heterocycles. The molecule has 1 fully saturated rings. The molecule has 0 heterocycles. The molecule has 1 aliphatic rings. The van der Waals surface area contributed by atoms with E-state index in [2.05, 4.69) is 5.16 Å². The minimum atomic E-state index is -1.63. The van der Waals surface area contributed by atoms with Crippen LogP contribution in [-0.4, -0.2) is 61.0 Å². The van der Waals surface area contributed by atoms with Crippen LogP contribution in [0.1, 0.15) is 38.7 Å². The number of hydrogen-bond acceptors (Lipinski definition) is 9. The third-order valence-corrected chi connectivity index (χ3v) is 5.29. The Kier molecular flexibility index (Phi) is 7.66. The number of benzene rings is 1. The molecule has 0 amide bonds. The number of carbonyl (C=O) groups is 2. The number of ether oxygens (including phenoxy) is 4. The second kappa shape index (κ2) is 9.80. The van der Waals surface area contributed by atoms with E-state index in [4.69, 9.17) is 18.9 Å². The van der Waals surface area contributed by atoms with Crippen molar-refractivity contribution in [3.63, 3.8) is 0 Å². The average Bonchev–Trinajstić information content (AvgIpc) is 2.71. The minimum absolute atomic E-state index is 0.0267. The highest BCUT2D eigenvalue weighted by atomic mass is 16.5. The third-order valence-electron chi connectivity index (χ3n) is 5.29. The number of nitrogens with zero attached hydrogens (tertiary/aromatic N) is 1. The van der Waals surface area contributed by atoms with Crippen LogP contribution in [0.5, 0.6) is 11.5 Å². The van der Waals surface area contributed by atoms with Gasteiger partial charge in [0.1, 0.15) is 5.92 Å². The molecule has 30 heavy (non-hydrogen) atoms. The van der Waals surface area contributed by atoms with Gasteiger partial charge in [0.25, 0.3) is 0 Å². The van der Waals surface area contributed by atoms with Gasteiger partial charge in [-0.1, -0.05) is 11.2 Å². The van der Waals surface area contributed by atoms with Crippen LogP contribution >= 0.6 is 0 Å². The zero-order valence-corrected chi connectivity index (χ0v) is 17.9. The average molecular weight is 423 g/mol. The van der Waals surface area contributed by atoms with Gasteiger partial charge in [0.2, 0.25) is 0 Å². The highest BCUT2D eigenvalue weighted by molar-refractivity contribution is 6.05. The number of hydrogen-bond donors (Lipinski definition) is 2. The van der Waals surface area contributed by atoms with Crippen LogP contribution < -0.4 is 9.47 Å². The van der Waals surface area contributed by atoms with E-state index in [1.165, 1.54) is 21.1 Å². The summed E-state index contributed by atoms with van der Waals surface area (Å²) in [5.74, 6) is -3.60. The molecule has 1 saturated carbocycles. The van der Waals surface area contributed by atoms with Crippen LogP contribution in [0.4, 0.5) is 0 Å². The number of methoxy groups -OCH3 is 2. The maximum Gasteiger partial charge on any atom is 0.315 e. The standard InChI is InChI=1S/C21H29NO8/c1-6-29-19(23)17-13(22-26)11-21(3,25)18(20(24)30-7-2)16(17)12-8-9-14(27-4)15(10-12)28-5/h8-10,16-18,25-26H,6-7,11H2,1-5H3/b22-13+/t16-,17+,18+,21+/m1/s1. The Morgan fingerprint density at radius 1 is 1.10 bits per heavy atom. The van der Waals surface area contributed by atoms with E-state index in [9.17, 15) is 19.9 Å². The van der Waals surface area contributed by atoms with Gasteiger partial charge in [-0.25, -0.2) is 0 Å². The molecular weight excluding hydrogens is 394 g/mol. The number of oxime groups is 1. The minimum Gasteiger partial charge on any atom is -0.493 e. The third kappa shape index (κ3) is 4.51. The summed E-state index contributed by atoms with van der Waals surface area (Å²) >= 11 is 0. The number of rotatable bonds is 7. The highest BCUT2D eigenvalue weighted by Crippen LogP contribution is 2.48. The van der Waals surface area contributed by atoms with Crippen molar-refractivity contribution in [1.29, 1.82) is 0 Å². The number of aliphatic hydroxyl groups is 1. The molecule has 0 spiro atoms. The van der Waals surface area contributed by atoms with Gasteiger partial charge in [-0.15, -0.1) is 0 Å². The Morgan fingerprint density at radius 3 is 2.23 bits per heavy atom. The van der Waals surface area contributed by atoms with Gasteiger partial charge in [0, 0.05) is 12.3 Å². The largest absolute Gasteiger partial charge is 0.493 e. The van der Waals surface area contributed by atoms with E-state index in [-0.39, 0.29) is 25.3 Å². The lowest BCUT2D eigenvalue weighted by Gasteiger charge is -2.44. The van der Waals surface area contributed by atoms with Crippen molar-refractivity contribution in [1.82, 2.24) is 0 Å². The summed E-state index contributed by atoms with van der Waals surface area (Å²) in [5, 5.41) is 24.0. The van der Waals surface area contributed by atoms with Crippen molar-refractivity contribution >= 4 is 17.7 Å². The van der Waals surface area contributed by atoms with Crippen molar-refractivity contribution in [3.8, 4) is 11.5 Å². The van der Waals surface area contributed by atoms with Gasteiger partial charge in [-0.3, -0.25) is 9.59 Å². The molecule has 4 atom stereocenters. The summed E-state index contributed by atoms with van der Waals surface area (Å²) in [5.41, 5.74) is -1.10. The molecule has 9 nitrogen and oxygen atoms in total. The second-order valence-electron chi connectivity index (χ2n) is 7.22. The molecule has 166 valence electrons. The SMILES string of the molecule is CCOC(=O)[C@@H]1[C@H](c2ccc(OC)c(OC)c2)[C@@H](C(=O)OCC)/C(=N/O)C[C@]1(C)O. The summed E-state index contributed by atoms with van der Waals surface area (Å²) in [6.07, 6.45) is -0.194. The van der Waals surface area contributed by atoms with Crippen molar-refractivity contribution in [2.45, 2.75) is 38.7 Å². The monoisotopic (exact) mass is 423 g/mol. The second-order valence-corrected chi connectivity index (χ2v) is 7.22. The van der Waals surface area contributed by atoms with Crippen LogP contribution in [0.15, 0.2) is 23.4 Å². The molecule has 0 radical (unpaired) electrons. The quantitative estimate of drug-likeness (QED) is 0.388. The Balaban J connectivity index is 2.73. The predicted molar refractivity (Wildman–Crippen MR) is 107 cm³/mol.